The van der Waals surface area contributed by atoms with Gasteiger partial charge in [-0.2, -0.15) is 0 Å². The number of carbonyl (C=O) groups excluding carboxylic acids is 1. The number of nitrogens with zero attached hydrogens (tertiary/aromatic N) is 2. The van der Waals surface area contributed by atoms with Crippen LogP contribution in [0.25, 0.3) is 11.0 Å². The second-order valence-electron chi connectivity index (χ2n) is 6.52. The first-order valence-corrected chi connectivity index (χ1v) is 9.74. The summed E-state index contributed by atoms with van der Waals surface area (Å²) in [7, 11) is 0. The number of hydrogen-bond acceptors (Lipinski definition) is 3. The first kappa shape index (κ1) is 19.0. The predicted molar refractivity (Wildman–Crippen MR) is 114 cm³/mol. The number of aromatic nitrogens is 2. The van der Waals surface area contributed by atoms with E-state index in [-0.39, 0.29) is 5.91 Å². The van der Waals surface area contributed by atoms with E-state index in [4.69, 9.17) is 16.3 Å². The van der Waals surface area contributed by atoms with Crippen molar-refractivity contribution in [2.24, 2.45) is 0 Å². The Labute approximate surface area is 173 Å². The van der Waals surface area contributed by atoms with E-state index in [1.54, 1.807) is 24.3 Å². The van der Waals surface area contributed by atoms with Crippen LogP contribution in [0, 0.1) is 0 Å². The Morgan fingerprint density at radius 3 is 2.48 bits per heavy atom. The number of ether oxygens (including phenoxy) is 1. The van der Waals surface area contributed by atoms with Crippen molar-refractivity contribution in [1.29, 1.82) is 0 Å². The fourth-order valence-corrected chi connectivity index (χ4v) is 3.27. The monoisotopic (exact) mass is 405 g/mol. The van der Waals surface area contributed by atoms with Crippen molar-refractivity contribution >= 4 is 28.5 Å². The van der Waals surface area contributed by atoms with Gasteiger partial charge in [0.15, 0.2) is 0 Å². The van der Waals surface area contributed by atoms with Crippen molar-refractivity contribution in [2.75, 3.05) is 6.61 Å². The lowest BCUT2D eigenvalue weighted by atomic mass is 10.2. The van der Waals surface area contributed by atoms with Gasteiger partial charge in [-0.1, -0.05) is 41.9 Å². The van der Waals surface area contributed by atoms with E-state index >= 15 is 0 Å². The van der Waals surface area contributed by atoms with Crippen LogP contribution in [0.5, 0.6) is 5.75 Å². The van der Waals surface area contributed by atoms with Crippen molar-refractivity contribution < 1.29 is 9.53 Å². The predicted octanol–water partition coefficient (Wildman–Crippen LogP) is 4.70. The maximum Gasteiger partial charge on any atom is 0.251 e. The lowest BCUT2D eigenvalue weighted by Gasteiger charge is -2.11. The van der Waals surface area contributed by atoms with Crippen LogP contribution in [-0.4, -0.2) is 22.1 Å². The molecule has 0 aliphatic heterocycles. The molecule has 0 saturated heterocycles. The molecule has 0 saturated carbocycles. The zero-order valence-corrected chi connectivity index (χ0v) is 16.5. The standard InChI is InChI=1S/C23H20ClN3O2/c24-18-12-10-17(11-13-18)23(28)25-16-22-26-20-8-4-5-9-21(20)27(22)14-15-29-19-6-2-1-3-7-19/h1-13H,14-16H2,(H,25,28). The van der Waals surface area contributed by atoms with Gasteiger partial charge in [-0.15, -0.1) is 0 Å². The van der Waals surface area contributed by atoms with E-state index in [9.17, 15) is 4.79 Å². The van der Waals surface area contributed by atoms with Crippen molar-refractivity contribution in [3.05, 3.63) is 95.3 Å². The summed E-state index contributed by atoms with van der Waals surface area (Å²) in [6, 6.07) is 24.4. The van der Waals surface area contributed by atoms with E-state index in [0.29, 0.717) is 30.3 Å². The minimum atomic E-state index is -0.166. The highest BCUT2D eigenvalue weighted by atomic mass is 35.5. The molecule has 4 aromatic rings. The molecule has 4 rings (SSSR count). The molecule has 0 aliphatic rings. The third-order valence-corrected chi connectivity index (χ3v) is 4.83. The topological polar surface area (TPSA) is 56.2 Å². The number of nitrogens with one attached hydrogen (secondary N) is 1. The summed E-state index contributed by atoms with van der Waals surface area (Å²) in [6.07, 6.45) is 0. The van der Waals surface area contributed by atoms with Crippen LogP contribution < -0.4 is 10.1 Å². The number of rotatable bonds is 7. The number of benzene rings is 3. The minimum absolute atomic E-state index is 0.166. The highest BCUT2D eigenvalue weighted by molar-refractivity contribution is 6.30. The summed E-state index contributed by atoms with van der Waals surface area (Å²) in [5, 5.41) is 3.54. The quantitative estimate of drug-likeness (QED) is 0.485. The molecule has 0 fully saturated rings. The SMILES string of the molecule is O=C(NCc1nc2ccccc2n1CCOc1ccccc1)c1ccc(Cl)cc1. The summed E-state index contributed by atoms with van der Waals surface area (Å²) in [5.74, 6) is 1.44. The van der Waals surface area contributed by atoms with Crippen LogP contribution in [-0.2, 0) is 13.1 Å². The highest BCUT2D eigenvalue weighted by Crippen LogP contribution is 2.17. The van der Waals surface area contributed by atoms with Crippen LogP contribution in [0.15, 0.2) is 78.9 Å². The summed E-state index contributed by atoms with van der Waals surface area (Å²) in [4.78, 5) is 17.1. The normalized spacial score (nSPS) is 10.8. The minimum Gasteiger partial charge on any atom is -0.492 e. The van der Waals surface area contributed by atoms with Crippen molar-refractivity contribution in [3.63, 3.8) is 0 Å². The molecule has 146 valence electrons. The molecule has 0 aliphatic carbocycles. The maximum absolute atomic E-state index is 12.4. The Morgan fingerprint density at radius 1 is 0.966 bits per heavy atom. The first-order chi connectivity index (χ1) is 14.2. The van der Waals surface area contributed by atoms with Crippen LogP contribution in [0.2, 0.25) is 5.02 Å². The van der Waals surface area contributed by atoms with Gasteiger partial charge in [-0.25, -0.2) is 4.98 Å². The Morgan fingerprint density at radius 2 is 1.69 bits per heavy atom. The molecule has 0 spiro atoms. The third-order valence-electron chi connectivity index (χ3n) is 4.57. The average Bonchev–Trinajstić information content (AvgIpc) is 3.11. The Kier molecular flexibility index (Phi) is 5.77. The van der Waals surface area contributed by atoms with E-state index in [0.717, 1.165) is 22.6 Å². The van der Waals surface area contributed by atoms with E-state index in [1.165, 1.54) is 0 Å². The summed E-state index contributed by atoms with van der Waals surface area (Å²) in [6.45, 7) is 1.45. The second-order valence-corrected chi connectivity index (χ2v) is 6.96. The molecule has 0 radical (unpaired) electrons. The third kappa shape index (κ3) is 4.58. The number of halogens is 1. The van der Waals surface area contributed by atoms with Gasteiger partial charge in [0.1, 0.15) is 18.2 Å². The van der Waals surface area contributed by atoms with E-state index < -0.39 is 0 Å². The molecule has 0 bridgehead atoms. The Hall–Kier alpha value is -3.31. The number of amides is 1. The summed E-state index contributed by atoms with van der Waals surface area (Å²) < 4.78 is 7.92. The molecule has 6 heteroatoms. The van der Waals surface area contributed by atoms with Gasteiger partial charge in [-0.3, -0.25) is 4.79 Å². The fraction of sp³-hybridized carbons (Fsp3) is 0.130. The number of hydrogen-bond donors (Lipinski definition) is 1. The fourth-order valence-electron chi connectivity index (χ4n) is 3.14. The van der Waals surface area contributed by atoms with E-state index in [1.807, 2.05) is 54.6 Å². The number of imidazole rings is 1. The molecule has 3 aromatic carbocycles. The van der Waals surface area contributed by atoms with Gasteiger partial charge in [-0.05, 0) is 48.5 Å². The smallest absolute Gasteiger partial charge is 0.251 e. The van der Waals surface area contributed by atoms with Gasteiger partial charge in [0, 0.05) is 10.6 Å². The molecule has 0 atom stereocenters. The average molecular weight is 406 g/mol. The largest absolute Gasteiger partial charge is 0.492 e. The zero-order chi connectivity index (χ0) is 20.1. The molecule has 1 aromatic heterocycles. The number of carbonyl (C=O) groups is 1. The molecule has 0 unspecified atom stereocenters. The van der Waals surface area contributed by atoms with Gasteiger partial charge >= 0.3 is 0 Å². The Balaban J connectivity index is 1.48. The molecule has 5 nitrogen and oxygen atoms in total. The van der Waals surface area contributed by atoms with E-state index in [2.05, 4.69) is 14.9 Å². The van der Waals surface area contributed by atoms with Crippen LogP contribution in [0.3, 0.4) is 0 Å². The molecule has 29 heavy (non-hydrogen) atoms. The molecule has 1 amide bonds. The molecule has 1 N–H and O–H groups in total. The van der Waals surface area contributed by atoms with Crippen molar-refractivity contribution in [3.8, 4) is 5.75 Å². The lowest BCUT2D eigenvalue weighted by molar-refractivity contribution is 0.0949. The van der Waals surface area contributed by atoms with Crippen LogP contribution >= 0.6 is 11.6 Å². The van der Waals surface area contributed by atoms with Gasteiger partial charge in [0.05, 0.1) is 24.1 Å². The molecule has 1 heterocycles. The number of para-hydroxylation sites is 3. The van der Waals surface area contributed by atoms with Gasteiger partial charge in [0.2, 0.25) is 0 Å². The van der Waals surface area contributed by atoms with Gasteiger partial charge in [0.25, 0.3) is 5.91 Å². The lowest BCUT2D eigenvalue weighted by Crippen LogP contribution is -2.25. The summed E-state index contributed by atoms with van der Waals surface area (Å²) >= 11 is 5.89. The van der Waals surface area contributed by atoms with Crippen LogP contribution in [0.4, 0.5) is 0 Å². The maximum atomic E-state index is 12.4. The Bertz CT molecular complexity index is 1110. The van der Waals surface area contributed by atoms with Crippen molar-refractivity contribution in [2.45, 2.75) is 13.1 Å². The van der Waals surface area contributed by atoms with Crippen LogP contribution in [0.1, 0.15) is 16.2 Å². The number of fused-ring (bicyclic) bond motifs is 1. The summed E-state index contributed by atoms with van der Waals surface area (Å²) in [5.41, 5.74) is 2.47. The van der Waals surface area contributed by atoms with Gasteiger partial charge < -0.3 is 14.6 Å². The molecular weight excluding hydrogens is 386 g/mol. The van der Waals surface area contributed by atoms with Crippen molar-refractivity contribution in [1.82, 2.24) is 14.9 Å². The highest BCUT2D eigenvalue weighted by Gasteiger charge is 2.12. The first-order valence-electron chi connectivity index (χ1n) is 9.36. The zero-order valence-electron chi connectivity index (χ0n) is 15.7. The molecular formula is C23H20ClN3O2. The second kappa shape index (κ2) is 8.80.